The highest BCUT2D eigenvalue weighted by molar-refractivity contribution is 7.45. The van der Waals surface area contributed by atoms with Crippen molar-refractivity contribution in [2.24, 2.45) is 0 Å². The lowest BCUT2D eigenvalue weighted by Crippen LogP contribution is -1.94. The average molecular weight is 255 g/mol. The fraction of sp³-hybridized carbons (Fsp3) is 0. The number of carbonyl (C=O) groups excluding carboxylic acids is 1. The highest BCUT2D eigenvalue weighted by Gasteiger charge is 2.00. The molecule has 0 spiro atoms. The molecule has 0 aromatic heterocycles. The van der Waals surface area contributed by atoms with Crippen molar-refractivity contribution in [3.63, 3.8) is 0 Å². The molecule has 0 saturated carbocycles. The Hall–Kier alpha value is -0.910. The van der Waals surface area contributed by atoms with Gasteiger partial charge in [0.1, 0.15) is 5.75 Å². The number of phosphoric acid groups is 1. The van der Waals surface area contributed by atoms with Crippen molar-refractivity contribution >= 4 is 24.9 Å². The summed E-state index contributed by atoms with van der Waals surface area (Å²) < 4.78 is 13.4. The minimum atomic E-state index is -4.64. The zero-order valence-electron chi connectivity index (χ0n) is 7.28. The molecule has 0 aliphatic rings. The number of ether oxygens (including phenoxy) is 1. The molecule has 0 atom stereocenters. The fourth-order valence-electron chi connectivity index (χ4n) is 0.581. The zero-order chi connectivity index (χ0) is 11.9. The van der Waals surface area contributed by atoms with E-state index in [1.54, 1.807) is 24.3 Å². The first-order valence-electron chi connectivity index (χ1n) is 3.49. The Morgan fingerprint density at radius 2 is 1.60 bits per heavy atom. The van der Waals surface area contributed by atoms with Crippen LogP contribution in [0.4, 0.5) is 4.79 Å². The second-order valence-electron chi connectivity index (χ2n) is 2.17. The molecule has 0 radical (unpaired) electrons. The number of para-hydroxylation sites is 1. The Kier molecular flexibility index (Phi) is 6.15. The SMILES string of the molecule is O=C(Cl)Oc1ccccc1.O=P(O)(O)O. The van der Waals surface area contributed by atoms with E-state index in [-0.39, 0.29) is 0 Å². The first-order chi connectivity index (χ1) is 6.79. The van der Waals surface area contributed by atoms with E-state index in [0.29, 0.717) is 5.75 Å². The summed E-state index contributed by atoms with van der Waals surface area (Å²) in [6.07, 6.45) is 0. The maximum atomic E-state index is 10.2. The molecule has 6 nitrogen and oxygen atoms in total. The van der Waals surface area contributed by atoms with E-state index >= 15 is 0 Å². The van der Waals surface area contributed by atoms with Crippen LogP contribution in [-0.4, -0.2) is 20.1 Å². The van der Waals surface area contributed by atoms with Crippen molar-refractivity contribution in [3.8, 4) is 5.75 Å². The summed E-state index contributed by atoms with van der Waals surface area (Å²) in [7, 11) is -4.64. The Morgan fingerprint density at radius 3 is 1.93 bits per heavy atom. The molecular weight excluding hydrogens is 246 g/mol. The predicted octanol–water partition coefficient (Wildman–Crippen LogP) is 1.50. The van der Waals surface area contributed by atoms with Crippen molar-refractivity contribution in [3.05, 3.63) is 30.3 Å². The van der Waals surface area contributed by atoms with Gasteiger partial charge in [-0.3, -0.25) is 0 Å². The summed E-state index contributed by atoms with van der Waals surface area (Å²) in [5, 5.41) is 0. The third-order valence-corrected chi connectivity index (χ3v) is 1.02. The third-order valence-electron chi connectivity index (χ3n) is 0.941. The fourth-order valence-corrected chi connectivity index (χ4v) is 0.670. The van der Waals surface area contributed by atoms with Gasteiger partial charge in [-0.2, -0.15) is 0 Å². The Balaban J connectivity index is 0.000000336. The minimum absolute atomic E-state index is 0.461. The quantitative estimate of drug-likeness (QED) is 0.518. The number of benzene rings is 1. The van der Waals surface area contributed by atoms with Gasteiger partial charge in [0.25, 0.3) is 0 Å². The molecule has 1 aromatic carbocycles. The molecule has 0 heterocycles. The van der Waals surface area contributed by atoms with Gasteiger partial charge in [-0.15, -0.1) is 0 Å². The van der Waals surface area contributed by atoms with Gasteiger partial charge in [0.2, 0.25) is 0 Å². The van der Waals surface area contributed by atoms with Crippen LogP contribution in [0.2, 0.25) is 0 Å². The Labute approximate surface area is 90.3 Å². The second kappa shape index (κ2) is 6.55. The van der Waals surface area contributed by atoms with Crippen molar-refractivity contribution < 1.29 is 28.8 Å². The van der Waals surface area contributed by atoms with E-state index in [2.05, 4.69) is 4.74 Å². The largest absolute Gasteiger partial charge is 0.466 e. The lowest BCUT2D eigenvalue weighted by Gasteiger charge is -1.95. The lowest BCUT2D eigenvalue weighted by atomic mass is 10.3. The van der Waals surface area contributed by atoms with Gasteiger partial charge >= 0.3 is 13.3 Å². The summed E-state index contributed by atoms with van der Waals surface area (Å²) in [5.41, 5.74) is -0.814. The van der Waals surface area contributed by atoms with Crippen LogP contribution in [0, 0.1) is 0 Å². The average Bonchev–Trinajstić information content (AvgIpc) is 2.01. The lowest BCUT2D eigenvalue weighted by molar-refractivity contribution is 0.225. The summed E-state index contributed by atoms with van der Waals surface area (Å²) in [5.74, 6) is 0.461. The molecule has 0 saturated heterocycles. The van der Waals surface area contributed by atoms with Crippen LogP contribution in [0.15, 0.2) is 30.3 Å². The van der Waals surface area contributed by atoms with Crippen molar-refractivity contribution in [2.45, 2.75) is 0 Å². The molecule has 0 unspecified atom stereocenters. The normalized spacial score (nSPS) is 9.87. The molecule has 0 fully saturated rings. The number of rotatable bonds is 1. The van der Waals surface area contributed by atoms with Gasteiger partial charge in [-0.1, -0.05) is 18.2 Å². The van der Waals surface area contributed by atoms with Crippen LogP contribution in [-0.2, 0) is 4.57 Å². The Morgan fingerprint density at radius 1 is 1.20 bits per heavy atom. The van der Waals surface area contributed by atoms with Crippen molar-refractivity contribution in [1.82, 2.24) is 0 Å². The van der Waals surface area contributed by atoms with Crippen LogP contribution >= 0.6 is 19.4 Å². The molecule has 0 aliphatic heterocycles. The van der Waals surface area contributed by atoms with Crippen LogP contribution in [0.3, 0.4) is 0 Å². The van der Waals surface area contributed by atoms with Gasteiger partial charge in [-0.05, 0) is 12.1 Å². The van der Waals surface area contributed by atoms with E-state index in [9.17, 15) is 4.79 Å². The van der Waals surface area contributed by atoms with Crippen LogP contribution in [0.25, 0.3) is 0 Å². The molecule has 1 aromatic rings. The molecule has 1 rings (SSSR count). The molecule has 0 amide bonds. The van der Waals surface area contributed by atoms with Crippen LogP contribution in [0.5, 0.6) is 5.75 Å². The predicted molar refractivity (Wildman–Crippen MR) is 52.6 cm³/mol. The minimum Gasteiger partial charge on any atom is -0.415 e. The van der Waals surface area contributed by atoms with Crippen molar-refractivity contribution in [1.29, 1.82) is 0 Å². The molecular formula is C7H8ClO6P. The third kappa shape index (κ3) is 13.1. The molecule has 0 aliphatic carbocycles. The highest BCUT2D eigenvalue weighted by Crippen LogP contribution is 2.25. The molecule has 8 heteroatoms. The standard InChI is InChI=1S/C7H5ClO2.H3O4P/c8-7(9)10-6-4-2-1-3-5-6;1-5(2,3)4/h1-5H;(H3,1,2,3,4). The first-order valence-corrected chi connectivity index (χ1v) is 5.44. The Bertz CT molecular complexity index is 339. The van der Waals surface area contributed by atoms with Gasteiger partial charge < -0.3 is 19.4 Å². The molecule has 84 valence electrons. The van der Waals surface area contributed by atoms with E-state index in [0.717, 1.165) is 0 Å². The molecule has 15 heavy (non-hydrogen) atoms. The van der Waals surface area contributed by atoms with E-state index in [1.807, 2.05) is 6.07 Å². The molecule has 3 N–H and O–H groups in total. The topological polar surface area (TPSA) is 104 Å². The van der Waals surface area contributed by atoms with E-state index < -0.39 is 13.3 Å². The summed E-state index contributed by atoms with van der Waals surface area (Å²) in [6.45, 7) is 0. The van der Waals surface area contributed by atoms with Gasteiger partial charge in [0, 0.05) is 11.6 Å². The summed E-state index contributed by atoms with van der Waals surface area (Å²) in [4.78, 5) is 31.7. The zero-order valence-corrected chi connectivity index (χ0v) is 8.93. The van der Waals surface area contributed by atoms with E-state index in [4.69, 9.17) is 30.8 Å². The van der Waals surface area contributed by atoms with Gasteiger partial charge in [0.05, 0.1) is 0 Å². The summed E-state index contributed by atoms with van der Waals surface area (Å²) >= 11 is 4.95. The first kappa shape index (κ1) is 14.1. The number of hydrogen-bond acceptors (Lipinski definition) is 3. The highest BCUT2D eigenvalue weighted by atomic mass is 35.5. The monoisotopic (exact) mass is 254 g/mol. The smallest absolute Gasteiger partial charge is 0.415 e. The van der Waals surface area contributed by atoms with Crippen LogP contribution in [0.1, 0.15) is 0 Å². The van der Waals surface area contributed by atoms with Crippen molar-refractivity contribution in [2.75, 3.05) is 0 Å². The van der Waals surface area contributed by atoms with E-state index in [1.165, 1.54) is 0 Å². The van der Waals surface area contributed by atoms with Gasteiger partial charge in [-0.25, -0.2) is 9.36 Å². The van der Waals surface area contributed by atoms with Crippen LogP contribution < -0.4 is 4.74 Å². The number of hydrogen-bond donors (Lipinski definition) is 3. The number of halogens is 1. The second-order valence-corrected chi connectivity index (χ2v) is 3.50. The summed E-state index contributed by atoms with van der Waals surface area (Å²) in [6, 6.07) is 8.65. The number of carbonyl (C=O) groups is 1. The molecule has 0 bridgehead atoms. The maximum Gasteiger partial charge on any atom is 0.466 e. The van der Waals surface area contributed by atoms with Gasteiger partial charge in [0.15, 0.2) is 0 Å². The maximum absolute atomic E-state index is 10.2.